The molecule has 2 N–H and O–H groups in total. The van der Waals surface area contributed by atoms with Crippen LogP contribution in [0, 0.1) is 13.8 Å². The Hall–Kier alpha value is -1.18. The summed E-state index contributed by atoms with van der Waals surface area (Å²) in [6.07, 6.45) is 0.769. The van der Waals surface area contributed by atoms with Crippen molar-refractivity contribution in [1.82, 2.24) is 14.1 Å². The van der Waals surface area contributed by atoms with Crippen molar-refractivity contribution in [2.24, 2.45) is 5.73 Å². The second-order valence-corrected chi connectivity index (χ2v) is 7.13. The van der Waals surface area contributed by atoms with Gasteiger partial charge in [0.25, 0.3) is 0 Å². The predicted octanol–water partition coefficient (Wildman–Crippen LogP) is 1.44. The lowest BCUT2D eigenvalue weighted by atomic mass is 10.3. The number of nitrogens with zero attached hydrogens (tertiary/aromatic N) is 3. The summed E-state index contributed by atoms with van der Waals surface area (Å²) in [7, 11) is -3.55. The molecule has 0 radical (unpaired) electrons. The average molecular weight is 314 g/mol. The first kappa shape index (κ1) is 17.9. The molecule has 0 fully saturated rings. The molecule has 0 aliphatic rings. The molecule has 1 heterocycles. The molecular formula is C14H26N4O2S. The molecule has 6 nitrogen and oxygen atoms in total. The molecule has 0 saturated carbocycles. The van der Waals surface area contributed by atoms with Gasteiger partial charge in [-0.05, 0) is 33.7 Å². The van der Waals surface area contributed by atoms with Crippen LogP contribution in [0.5, 0.6) is 0 Å². The number of aryl methyl sites for hydroxylation is 2. The highest BCUT2D eigenvalue weighted by Crippen LogP contribution is 2.24. The lowest BCUT2D eigenvalue weighted by Gasteiger charge is -2.20. The minimum atomic E-state index is -3.55. The van der Waals surface area contributed by atoms with Crippen LogP contribution in [0.15, 0.2) is 17.0 Å². The van der Waals surface area contributed by atoms with E-state index >= 15 is 0 Å². The van der Waals surface area contributed by atoms with Gasteiger partial charge in [-0.3, -0.25) is 4.68 Å². The van der Waals surface area contributed by atoms with Gasteiger partial charge in [-0.15, -0.1) is 0 Å². The molecule has 1 aromatic heterocycles. The second-order valence-electron chi connectivity index (χ2n) is 5.25. The van der Waals surface area contributed by atoms with Crippen LogP contribution in [-0.2, 0) is 16.6 Å². The maximum absolute atomic E-state index is 12.8. The standard InChI is InChI=1S/C14H26N4O2S/c1-6-17(10-11(2)3)21(19,20)14-12(4)16-18(13(14)5)9-7-8-15/h2,6-10,15H2,1,3-5H3. The zero-order valence-corrected chi connectivity index (χ0v) is 14.2. The molecular weight excluding hydrogens is 288 g/mol. The van der Waals surface area contributed by atoms with Gasteiger partial charge in [0, 0.05) is 19.6 Å². The number of nitrogens with two attached hydrogens (primary N) is 1. The van der Waals surface area contributed by atoms with Crippen molar-refractivity contribution in [3.8, 4) is 0 Å². The summed E-state index contributed by atoms with van der Waals surface area (Å²) < 4.78 is 28.8. The fourth-order valence-corrected chi connectivity index (χ4v) is 4.19. The molecule has 1 aromatic rings. The monoisotopic (exact) mass is 314 g/mol. The Kier molecular flexibility index (Phi) is 6.12. The van der Waals surface area contributed by atoms with Gasteiger partial charge in [0.2, 0.25) is 10.0 Å². The Bertz CT molecular complexity index is 605. The summed E-state index contributed by atoms with van der Waals surface area (Å²) in [6.45, 7) is 12.9. The summed E-state index contributed by atoms with van der Waals surface area (Å²) in [6, 6.07) is 0. The molecule has 0 amide bonds. The number of rotatable bonds is 8. The predicted molar refractivity (Wildman–Crippen MR) is 84.6 cm³/mol. The van der Waals surface area contributed by atoms with Crippen molar-refractivity contribution < 1.29 is 8.42 Å². The van der Waals surface area contributed by atoms with Crippen molar-refractivity contribution in [3.05, 3.63) is 23.5 Å². The Balaban J connectivity index is 3.24. The largest absolute Gasteiger partial charge is 0.330 e. The van der Waals surface area contributed by atoms with E-state index in [1.807, 2.05) is 13.8 Å². The van der Waals surface area contributed by atoms with Gasteiger partial charge in [-0.2, -0.15) is 9.40 Å². The second kappa shape index (κ2) is 7.20. The Morgan fingerprint density at radius 1 is 1.43 bits per heavy atom. The van der Waals surface area contributed by atoms with Crippen LogP contribution in [-0.4, -0.2) is 42.1 Å². The van der Waals surface area contributed by atoms with Gasteiger partial charge in [0.05, 0.1) is 11.4 Å². The lowest BCUT2D eigenvalue weighted by Crippen LogP contribution is -2.33. The van der Waals surface area contributed by atoms with Gasteiger partial charge in [-0.1, -0.05) is 19.1 Å². The molecule has 120 valence electrons. The summed E-state index contributed by atoms with van der Waals surface area (Å²) in [5, 5.41) is 4.34. The molecule has 21 heavy (non-hydrogen) atoms. The molecule has 7 heteroatoms. The number of sulfonamides is 1. The van der Waals surface area contributed by atoms with Crippen LogP contribution in [0.25, 0.3) is 0 Å². The van der Waals surface area contributed by atoms with Crippen LogP contribution in [0.4, 0.5) is 0 Å². The summed E-state index contributed by atoms with van der Waals surface area (Å²) in [4.78, 5) is 0.308. The Morgan fingerprint density at radius 3 is 2.52 bits per heavy atom. The van der Waals surface area contributed by atoms with E-state index in [0.29, 0.717) is 42.5 Å². The molecule has 0 unspecified atom stereocenters. The van der Waals surface area contributed by atoms with E-state index in [-0.39, 0.29) is 0 Å². The minimum Gasteiger partial charge on any atom is -0.330 e. The van der Waals surface area contributed by atoms with Crippen LogP contribution >= 0.6 is 0 Å². The van der Waals surface area contributed by atoms with Crippen LogP contribution in [0.2, 0.25) is 0 Å². The van der Waals surface area contributed by atoms with E-state index in [0.717, 1.165) is 12.0 Å². The number of hydrogen-bond acceptors (Lipinski definition) is 4. The van der Waals surface area contributed by atoms with Crippen LogP contribution < -0.4 is 5.73 Å². The molecule has 0 atom stereocenters. The van der Waals surface area contributed by atoms with E-state index in [4.69, 9.17) is 5.73 Å². The van der Waals surface area contributed by atoms with E-state index in [9.17, 15) is 8.42 Å². The van der Waals surface area contributed by atoms with E-state index in [1.165, 1.54) is 4.31 Å². The van der Waals surface area contributed by atoms with Gasteiger partial charge in [0.1, 0.15) is 4.90 Å². The molecule has 0 aliphatic carbocycles. The highest BCUT2D eigenvalue weighted by Gasteiger charge is 2.29. The molecule has 0 spiro atoms. The summed E-state index contributed by atoms with van der Waals surface area (Å²) in [5.74, 6) is 0. The van der Waals surface area contributed by atoms with Crippen LogP contribution in [0.1, 0.15) is 31.7 Å². The van der Waals surface area contributed by atoms with Gasteiger partial charge < -0.3 is 5.73 Å². The third kappa shape index (κ3) is 3.93. The minimum absolute atomic E-state index is 0.308. The smallest absolute Gasteiger partial charge is 0.247 e. The van der Waals surface area contributed by atoms with Gasteiger partial charge in [-0.25, -0.2) is 8.42 Å². The lowest BCUT2D eigenvalue weighted by molar-refractivity contribution is 0.451. The molecule has 0 saturated heterocycles. The number of likely N-dealkylation sites (N-methyl/N-ethyl adjacent to an activating group) is 1. The first-order valence-electron chi connectivity index (χ1n) is 7.14. The van der Waals surface area contributed by atoms with Gasteiger partial charge in [0.15, 0.2) is 0 Å². The fraction of sp³-hybridized carbons (Fsp3) is 0.643. The normalized spacial score (nSPS) is 12.1. The average Bonchev–Trinajstić information content (AvgIpc) is 2.68. The molecule has 0 aliphatic heterocycles. The van der Waals surface area contributed by atoms with Crippen molar-refractivity contribution in [2.75, 3.05) is 19.6 Å². The zero-order valence-electron chi connectivity index (χ0n) is 13.4. The third-order valence-electron chi connectivity index (χ3n) is 3.29. The van der Waals surface area contributed by atoms with Crippen molar-refractivity contribution in [1.29, 1.82) is 0 Å². The van der Waals surface area contributed by atoms with Crippen molar-refractivity contribution in [2.45, 2.75) is 45.6 Å². The van der Waals surface area contributed by atoms with Gasteiger partial charge >= 0.3 is 0 Å². The Labute approximate surface area is 127 Å². The topological polar surface area (TPSA) is 81.2 Å². The maximum Gasteiger partial charge on any atom is 0.247 e. The number of hydrogen-bond donors (Lipinski definition) is 1. The van der Waals surface area contributed by atoms with Crippen LogP contribution in [0.3, 0.4) is 0 Å². The van der Waals surface area contributed by atoms with E-state index in [1.54, 1.807) is 18.5 Å². The number of aromatic nitrogens is 2. The third-order valence-corrected chi connectivity index (χ3v) is 5.46. The fourth-order valence-electron chi connectivity index (χ4n) is 2.31. The maximum atomic E-state index is 12.8. The molecule has 0 bridgehead atoms. The first-order chi connectivity index (χ1) is 9.75. The quantitative estimate of drug-likeness (QED) is 0.736. The molecule has 0 aromatic carbocycles. The van der Waals surface area contributed by atoms with E-state index in [2.05, 4.69) is 11.7 Å². The highest BCUT2D eigenvalue weighted by molar-refractivity contribution is 7.89. The van der Waals surface area contributed by atoms with Crippen molar-refractivity contribution in [3.63, 3.8) is 0 Å². The first-order valence-corrected chi connectivity index (χ1v) is 8.58. The van der Waals surface area contributed by atoms with E-state index < -0.39 is 10.0 Å². The Morgan fingerprint density at radius 2 is 2.05 bits per heavy atom. The zero-order chi connectivity index (χ0) is 16.2. The highest BCUT2D eigenvalue weighted by atomic mass is 32.2. The van der Waals surface area contributed by atoms with Crippen molar-refractivity contribution >= 4 is 10.0 Å². The SMILES string of the molecule is C=C(C)CN(CC)S(=O)(=O)c1c(C)nn(CCCN)c1C. The summed E-state index contributed by atoms with van der Waals surface area (Å²) >= 11 is 0. The summed E-state index contributed by atoms with van der Waals surface area (Å²) in [5.41, 5.74) is 7.52. The molecule has 1 rings (SSSR count).